The van der Waals surface area contributed by atoms with Crippen molar-refractivity contribution < 1.29 is 4.74 Å². The molecule has 1 saturated carbocycles. The van der Waals surface area contributed by atoms with Gasteiger partial charge in [-0.25, -0.2) is 0 Å². The Bertz CT molecular complexity index is 488. The van der Waals surface area contributed by atoms with Gasteiger partial charge in [-0.3, -0.25) is 0 Å². The van der Waals surface area contributed by atoms with Crippen LogP contribution in [-0.4, -0.2) is 11.6 Å². The Kier molecular flexibility index (Phi) is 4.26. The molecule has 1 atom stereocenters. The summed E-state index contributed by atoms with van der Waals surface area (Å²) in [4.78, 5) is 0. The highest BCUT2D eigenvalue weighted by atomic mass is 16.5. The van der Waals surface area contributed by atoms with Gasteiger partial charge in [0.25, 0.3) is 0 Å². The van der Waals surface area contributed by atoms with E-state index in [1.807, 2.05) is 0 Å². The van der Waals surface area contributed by atoms with Crippen LogP contribution in [0, 0.1) is 5.92 Å². The quantitative estimate of drug-likeness (QED) is 0.883. The van der Waals surface area contributed by atoms with E-state index in [0.29, 0.717) is 6.04 Å². The van der Waals surface area contributed by atoms with Crippen LogP contribution in [0.5, 0.6) is 5.75 Å². The van der Waals surface area contributed by atoms with Crippen LogP contribution in [0.25, 0.3) is 0 Å². The summed E-state index contributed by atoms with van der Waals surface area (Å²) in [5, 5.41) is 3.75. The predicted octanol–water partition coefficient (Wildman–Crippen LogP) is 4.46. The largest absolute Gasteiger partial charge is 0.487 e. The van der Waals surface area contributed by atoms with E-state index in [9.17, 15) is 0 Å². The van der Waals surface area contributed by atoms with Crippen LogP contribution in [0.15, 0.2) is 18.2 Å². The third kappa shape index (κ3) is 3.42. The summed E-state index contributed by atoms with van der Waals surface area (Å²) in [6.45, 7) is 7.63. The first-order valence-corrected chi connectivity index (χ1v) is 8.58. The maximum atomic E-state index is 6.16. The summed E-state index contributed by atoms with van der Waals surface area (Å²) >= 11 is 0. The Morgan fingerprint density at radius 1 is 1.24 bits per heavy atom. The second-order valence-electron chi connectivity index (χ2n) is 7.51. The molecule has 116 valence electrons. The van der Waals surface area contributed by atoms with Gasteiger partial charge in [-0.05, 0) is 45.1 Å². The highest BCUT2D eigenvalue weighted by Crippen LogP contribution is 2.37. The van der Waals surface area contributed by atoms with Gasteiger partial charge in [0.15, 0.2) is 0 Å². The van der Waals surface area contributed by atoms with E-state index in [2.05, 4.69) is 44.3 Å². The van der Waals surface area contributed by atoms with Gasteiger partial charge in [-0.1, -0.05) is 37.5 Å². The predicted molar refractivity (Wildman–Crippen MR) is 87.7 cm³/mol. The Labute approximate surface area is 129 Å². The topological polar surface area (TPSA) is 21.3 Å². The lowest BCUT2D eigenvalue weighted by atomic mass is 9.84. The van der Waals surface area contributed by atoms with Crippen molar-refractivity contribution in [3.05, 3.63) is 29.3 Å². The van der Waals surface area contributed by atoms with Gasteiger partial charge in [-0.2, -0.15) is 0 Å². The van der Waals surface area contributed by atoms with Crippen LogP contribution < -0.4 is 10.1 Å². The van der Waals surface area contributed by atoms with E-state index in [1.165, 1.54) is 43.2 Å². The Balaban J connectivity index is 1.63. The van der Waals surface area contributed by atoms with Crippen molar-refractivity contribution in [2.24, 2.45) is 5.92 Å². The average Bonchev–Trinajstić information content (AvgIpc) is 2.80. The molecule has 1 heterocycles. The van der Waals surface area contributed by atoms with Crippen LogP contribution in [-0.2, 0) is 13.0 Å². The van der Waals surface area contributed by atoms with Crippen molar-refractivity contribution >= 4 is 0 Å². The van der Waals surface area contributed by atoms with Crippen LogP contribution in [0.2, 0.25) is 0 Å². The van der Waals surface area contributed by atoms with E-state index in [0.717, 1.165) is 24.6 Å². The first-order chi connectivity index (χ1) is 10.1. The molecule has 1 N–H and O–H groups in total. The molecule has 2 heteroatoms. The third-order valence-corrected chi connectivity index (χ3v) is 5.14. The van der Waals surface area contributed by atoms with E-state index >= 15 is 0 Å². The Morgan fingerprint density at radius 2 is 2.00 bits per heavy atom. The van der Waals surface area contributed by atoms with Gasteiger partial charge < -0.3 is 10.1 Å². The van der Waals surface area contributed by atoms with Crippen LogP contribution in [0.1, 0.15) is 64.0 Å². The number of ether oxygens (including phenoxy) is 1. The van der Waals surface area contributed by atoms with Gasteiger partial charge in [0.2, 0.25) is 0 Å². The normalized spacial score (nSPS) is 22.6. The molecule has 2 aliphatic rings. The molecule has 2 nitrogen and oxygen atoms in total. The molecule has 0 aromatic heterocycles. The zero-order valence-corrected chi connectivity index (χ0v) is 13.7. The van der Waals surface area contributed by atoms with Crippen molar-refractivity contribution in [1.29, 1.82) is 0 Å². The lowest BCUT2D eigenvalue weighted by Gasteiger charge is -2.28. The minimum absolute atomic E-state index is 0.0482. The number of rotatable bonds is 4. The van der Waals surface area contributed by atoms with Gasteiger partial charge in [0.1, 0.15) is 11.4 Å². The summed E-state index contributed by atoms with van der Waals surface area (Å²) in [6.07, 6.45) is 8.06. The van der Waals surface area contributed by atoms with Crippen molar-refractivity contribution in [2.45, 2.75) is 77.5 Å². The number of para-hydroxylation sites is 1. The molecule has 0 amide bonds. The summed E-state index contributed by atoms with van der Waals surface area (Å²) in [7, 11) is 0. The van der Waals surface area contributed by atoms with Crippen molar-refractivity contribution in [3.8, 4) is 5.75 Å². The second kappa shape index (κ2) is 6.00. The molecular formula is C19H29NO. The summed E-state index contributed by atoms with van der Waals surface area (Å²) in [5.74, 6) is 1.98. The molecule has 1 fully saturated rings. The molecule has 1 aromatic rings. The number of hydrogen-bond donors (Lipinski definition) is 1. The second-order valence-corrected chi connectivity index (χ2v) is 7.51. The van der Waals surface area contributed by atoms with Crippen LogP contribution in [0.4, 0.5) is 0 Å². The summed E-state index contributed by atoms with van der Waals surface area (Å²) in [6, 6.07) is 7.20. The minimum Gasteiger partial charge on any atom is -0.487 e. The summed E-state index contributed by atoms with van der Waals surface area (Å²) < 4.78 is 6.16. The molecular weight excluding hydrogens is 258 g/mol. The molecule has 1 aromatic carbocycles. The Hall–Kier alpha value is -1.02. The molecule has 0 saturated heterocycles. The maximum Gasteiger partial charge on any atom is 0.127 e. The van der Waals surface area contributed by atoms with Crippen molar-refractivity contribution in [2.75, 3.05) is 0 Å². The molecule has 0 bridgehead atoms. The molecule has 1 aliphatic heterocycles. The van der Waals surface area contributed by atoms with E-state index < -0.39 is 0 Å². The molecule has 0 radical (unpaired) electrons. The maximum absolute atomic E-state index is 6.16. The lowest BCUT2D eigenvalue weighted by Crippen LogP contribution is -2.34. The fraction of sp³-hybridized carbons (Fsp3) is 0.684. The molecule has 3 rings (SSSR count). The average molecular weight is 287 g/mol. The van der Waals surface area contributed by atoms with Crippen molar-refractivity contribution in [1.82, 2.24) is 5.32 Å². The fourth-order valence-electron chi connectivity index (χ4n) is 3.89. The monoisotopic (exact) mass is 287 g/mol. The highest BCUT2D eigenvalue weighted by Gasteiger charge is 2.31. The van der Waals surface area contributed by atoms with E-state index in [1.54, 1.807) is 0 Å². The Morgan fingerprint density at radius 3 is 2.76 bits per heavy atom. The number of nitrogens with one attached hydrogen (secondary N) is 1. The van der Waals surface area contributed by atoms with E-state index in [4.69, 9.17) is 4.74 Å². The van der Waals surface area contributed by atoms with Crippen LogP contribution >= 0.6 is 0 Å². The minimum atomic E-state index is -0.0482. The zero-order valence-electron chi connectivity index (χ0n) is 13.7. The van der Waals surface area contributed by atoms with Gasteiger partial charge >= 0.3 is 0 Å². The molecule has 0 spiro atoms. The molecule has 0 unspecified atom stereocenters. The van der Waals surface area contributed by atoms with Gasteiger partial charge in [0, 0.05) is 24.6 Å². The standard InChI is InChI=1S/C19H29NO/c1-14(15-8-5-4-6-9-15)20-13-17-11-7-10-16-12-19(2,3)21-18(16)17/h7,10-11,14-15,20H,4-6,8-9,12-13H2,1-3H3/t14-/m1/s1. The van der Waals surface area contributed by atoms with Crippen LogP contribution in [0.3, 0.4) is 0 Å². The third-order valence-electron chi connectivity index (χ3n) is 5.14. The first kappa shape index (κ1) is 14.9. The highest BCUT2D eigenvalue weighted by molar-refractivity contribution is 5.45. The van der Waals surface area contributed by atoms with Crippen molar-refractivity contribution in [3.63, 3.8) is 0 Å². The summed E-state index contributed by atoms with van der Waals surface area (Å²) in [5.41, 5.74) is 2.64. The van der Waals surface area contributed by atoms with Gasteiger partial charge in [0.05, 0.1) is 0 Å². The number of hydrogen-bond acceptors (Lipinski definition) is 2. The van der Waals surface area contributed by atoms with Gasteiger partial charge in [-0.15, -0.1) is 0 Å². The smallest absolute Gasteiger partial charge is 0.127 e. The first-order valence-electron chi connectivity index (χ1n) is 8.58. The number of benzene rings is 1. The SMILES string of the molecule is C[C@@H](NCc1cccc2c1OC(C)(C)C2)C1CCCCC1. The van der Waals surface area contributed by atoms with E-state index in [-0.39, 0.29) is 5.60 Å². The lowest BCUT2D eigenvalue weighted by molar-refractivity contribution is 0.137. The number of fused-ring (bicyclic) bond motifs is 1. The molecule has 21 heavy (non-hydrogen) atoms. The fourth-order valence-corrected chi connectivity index (χ4v) is 3.89. The zero-order chi connectivity index (χ0) is 14.9. The molecule has 1 aliphatic carbocycles.